The van der Waals surface area contributed by atoms with Gasteiger partial charge in [-0.05, 0) is 25.0 Å². The highest BCUT2D eigenvalue weighted by molar-refractivity contribution is 8.26. The van der Waals surface area contributed by atoms with Gasteiger partial charge in [0.25, 0.3) is 5.91 Å². The highest BCUT2D eigenvalue weighted by Gasteiger charge is 2.32. The number of hydrogen-bond acceptors (Lipinski definition) is 6. The van der Waals surface area contributed by atoms with Gasteiger partial charge in [-0.3, -0.25) is 19.3 Å². The maximum Gasteiger partial charge on any atom is 0.303 e. The van der Waals surface area contributed by atoms with Crippen LogP contribution in [0.25, 0.3) is 6.08 Å². The summed E-state index contributed by atoms with van der Waals surface area (Å²) in [4.78, 5) is 36.5. The van der Waals surface area contributed by atoms with E-state index in [0.29, 0.717) is 28.0 Å². The summed E-state index contributed by atoms with van der Waals surface area (Å²) in [5.41, 5.74) is 0. The van der Waals surface area contributed by atoms with Crippen molar-refractivity contribution in [2.75, 3.05) is 13.1 Å². The van der Waals surface area contributed by atoms with E-state index in [1.807, 2.05) is 0 Å². The number of carboxylic acids is 1. The summed E-state index contributed by atoms with van der Waals surface area (Å²) in [6, 6.07) is 3.48. The van der Waals surface area contributed by atoms with Crippen molar-refractivity contribution in [2.45, 2.75) is 32.1 Å². The predicted molar refractivity (Wildman–Crippen MR) is 102 cm³/mol. The number of nitrogens with one attached hydrogen (secondary N) is 1. The molecule has 0 radical (unpaired) electrons. The molecule has 1 aromatic heterocycles. The van der Waals surface area contributed by atoms with Crippen LogP contribution >= 0.6 is 24.0 Å². The van der Waals surface area contributed by atoms with Crippen molar-refractivity contribution < 1.29 is 23.9 Å². The Labute approximate surface area is 160 Å². The Morgan fingerprint density at radius 2 is 2.12 bits per heavy atom. The Bertz CT molecular complexity index is 700. The van der Waals surface area contributed by atoms with Crippen LogP contribution in [0.3, 0.4) is 0 Å². The van der Waals surface area contributed by atoms with E-state index in [9.17, 15) is 14.4 Å². The molecule has 0 spiro atoms. The lowest BCUT2D eigenvalue weighted by Crippen LogP contribution is -2.33. The Hall–Kier alpha value is -2.13. The highest BCUT2D eigenvalue weighted by Crippen LogP contribution is 2.32. The van der Waals surface area contributed by atoms with E-state index >= 15 is 0 Å². The van der Waals surface area contributed by atoms with Crippen LogP contribution in [0, 0.1) is 0 Å². The Morgan fingerprint density at radius 1 is 1.31 bits per heavy atom. The van der Waals surface area contributed by atoms with Crippen LogP contribution in [-0.2, 0) is 14.4 Å². The molecule has 1 aliphatic heterocycles. The summed E-state index contributed by atoms with van der Waals surface area (Å²) in [6.07, 6.45) is 5.55. The van der Waals surface area contributed by atoms with E-state index in [4.69, 9.17) is 21.7 Å². The largest absolute Gasteiger partial charge is 0.481 e. The Morgan fingerprint density at radius 3 is 2.81 bits per heavy atom. The fourth-order valence-corrected chi connectivity index (χ4v) is 3.59. The lowest BCUT2D eigenvalue weighted by molar-refractivity contribution is -0.137. The topological polar surface area (TPSA) is 99.9 Å². The third-order valence-electron chi connectivity index (χ3n) is 3.64. The molecule has 2 rings (SSSR count). The molecule has 1 aromatic rings. The van der Waals surface area contributed by atoms with Crippen molar-refractivity contribution in [3.63, 3.8) is 0 Å². The van der Waals surface area contributed by atoms with E-state index < -0.39 is 5.97 Å². The maximum absolute atomic E-state index is 12.4. The monoisotopic (exact) mass is 396 g/mol. The number of hydrogen-bond donors (Lipinski definition) is 2. The van der Waals surface area contributed by atoms with Gasteiger partial charge in [0, 0.05) is 32.0 Å². The molecule has 0 unspecified atom stereocenters. The summed E-state index contributed by atoms with van der Waals surface area (Å²) in [5, 5.41) is 11.3. The van der Waals surface area contributed by atoms with Crippen LogP contribution in [0.1, 0.15) is 37.9 Å². The van der Waals surface area contributed by atoms with Gasteiger partial charge >= 0.3 is 5.97 Å². The number of furan rings is 1. The number of aliphatic carboxylic acids is 1. The second-order valence-electron chi connectivity index (χ2n) is 5.65. The molecule has 1 fully saturated rings. The van der Waals surface area contributed by atoms with Gasteiger partial charge in [-0.1, -0.05) is 30.4 Å². The van der Waals surface area contributed by atoms with E-state index in [0.717, 1.165) is 12.8 Å². The van der Waals surface area contributed by atoms with E-state index in [1.165, 1.54) is 22.9 Å². The molecule has 2 N–H and O–H groups in total. The number of thiocarbonyl (C=S) groups is 1. The molecule has 0 atom stereocenters. The zero-order valence-corrected chi connectivity index (χ0v) is 15.7. The van der Waals surface area contributed by atoms with E-state index in [-0.39, 0.29) is 31.2 Å². The summed E-state index contributed by atoms with van der Waals surface area (Å²) in [5.74, 6) is -0.616. The number of carboxylic acid groups (broad SMARTS) is 1. The van der Waals surface area contributed by atoms with Crippen molar-refractivity contribution in [2.24, 2.45) is 0 Å². The number of carbonyl (C=O) groups excluding carboxylic acids is 2. The van der Waals surface area contributed by atoms with Gasteiger partial charge in [0.2, 0.25) is 5.91 Å². The number of carbonyl (C=O) groups is 3. The SMILES string of the molecule is O=C(O)CCCCCNC(=O)CCN1C(=O)/C(=C/c2ccco2)SC1=S. The first-order valence-corrected chi connectivity index (χ1v) is 9.47. The minimum absolute atomic E-state index is 0.147. The lowest BCUT2D eigenvalue weighted by Gasteiger charge is -2.14. The molecule has 7 nitrogen and oxygen atoms in total. The molecular weight excluding hydrogens is 376 g/mol. The molecular formula is C17H20N2O5S2. The van der Waals surface area contributed by atoms with Crippen LogP contribution in [0.15, 0.2) is 27.7 Å². The molecule has 0 aliphatic carbocycles. The van der Waals surface area contributed by atoms with Crippen LogP contribution in [0.2, 0.25) is 0 Å². The van der Waals surface area contributed by atoms with Crippen LogP contribution < -0.4 is 5.32 Å². The van der Waals surface area contributed by atoms with Gasteiger partial charge in [-0.25, -0.2) is 0 Å². The second-order valence-corrected chi connectivity index (χ2v) is 7.33. The van der Waals surface area contributed by atoms with Gasteiger partial charge in [-0.2, -0.15) is 0 Å². The summed E-state index contributed by atoms with van der Waals surface area (Å²) < 4.78 is 5.62. The molecule has 26 heavy (non-hydrogen) atoms. The van der Waals surface area contributed by atoms with E-state index in [2.05, 4.69) is 5.32 Å². The molecule has 2 amide bonds. The van der Waals surface area contributed by atoms with Crippen molar-refractivity contribution in [3.8, 4) is 0 Å². The van der Waals surface area contributed by atoms with Crippen molar-refractivity contribution >= 4 is 52.2 Å². The molecule has 140 valence electrons. The molecule has 9 heteroatoms. The third-order valence-corrected chi connectivity index (χ3v) is 5.02. The molecule has 2 heterocycles. The van der Waals surface area contributed by atoms with Gasteiger partial charge in [0.05, 0.1) is 11.2 Å². The molecule has 0 aromatic carbocycles. The second kappa shape index (κ2) is 10.1. The fraction of sp³-hybridized carbons (Fsp3) is 0.412. The first-order chi connectivity index (χ1) is 12.5. The van der Waals surface area contributed by atoms with Crippen molar-refractivity contribution in [1.82, 2.24) is 10.2 Å². The number of thioether (sulfide) groups is 1. The molecule has 0 bridgehead atoms. The molecule has 1 saturated heterocycles. The van der Waals surface area contributed by atoms with Crippen LogP contribution in [0.5, 0.6) is 0 Å². The van der Waals surface area contributed by atoms with Gasteiger partial charge in [-0.15, -0.1) is 0 Å². The molecule has 1 aliphatic rings. The predicted octanol–water partition coefficient (Wildman–Crippen LogP) is 2.63. The quantitative estimate of drug-likeness (QED) is 0.356. The van der Waals surface area contributed by atoms with Gasteiger partial charge < -0.3 is 14.8 Å². The minimum atomic E-state index is -0.807. The van der Waals surface area contributed by atoms with Crippen LogP contribution in [-0.4, -0.2) is 45.2 Å². The highest BCUT2D eigenvalue weighted by atomic mass is 32.2. The van der Waals surface area contributed by atoms with Crippen molar-refractivity contribution in [1.29, 1.82) is 0 Å². The van der Waals surface area contributed by atoms with Crippen LogP contribution in [0.4, 0.5) is 0 Å². The Kier molecular flexibility index (Phi) is 7.86. The average Bonchev–Trinajstić information content (AvgIpc) is 3.18. The number of rotatable bonds is 10. The third kappa shape index (κ3) is 6.30. The maximum atomic E-state index is 12.4. The average molecular weight is 396 g/mol. The van der Waals surface area contributed by atoms with Crippen molar-refractivity contribution in [3.05, 3.63) is 29.1 Å². The number of unbranched alkanes of at least 4 members (excludes halogenated alkanes) is 2. The number of amides is 2. The number of nitrogens with zero attached hydrogens (tertiary/aromatic N) is 1. The minimum Gasteiger partial charge on any atom is -0.481 e. The standard InChI is InChI=1S/C17H20N2O5S2/c20-14(18-8-3-1-2-6-15(21)22)7-9-19-16(23)13(26-17(19)25)11-12-5-4-10-24-12/h4-5,10-11H,1-3,6-9H2,(H,18,20)(H,21,22)/b13-11-. The molecule has 0 saturated carbocycles. The fourth-order valence-electron chi connectivity index (χ4n) is 2.30. The van der Waals surface area contributed by atoms with Gasteiger partial charge in [0.1, 0.15) is 10.1 Å². The zero-order valence-electron chi connectivity index (χ0n) is 14.1. The first-order valence-electron chi connectivity index (χ1n) is 8.24. The van der Waals surface area contributed by atoms with E-state index in [1.54, 1.807) is 18.2 Å². The summed E-state index contributed by atoms with van der Waals surface area (Å²) in [6.45, 7) is 0.722. The lowest BCUT2D eigenvalue weighted by atomic mass is 10.2. The zero-order chi connectivity index (χ0) is 18.9. The summed E-state index contributed by atoms with van der Waals surface area (Å²) >= 11 is 6.41. The smallest absolute Gasteiger partial charge is 0.303 e. The summed E-state index contributed by atoms with van der Waals surface area (Å²) in [7, 11) is 0. The first kappa shape index (κ1) is 20.2. The normalized spacial score (nSPS) is 15.7. The van der Waals surface area contributed by atoms with Gasteiger partial charge in [0.15, 0.2) is 0 Å². The Balaban J connectivity index is 1.70.